The first-order chi connectivity index (χ1) is 13.8. The molecular formula is C22H38N6. The van der Waals surface area contributed by atoms with E-state index in [4.69, 9.17) is 10.7 Å². The van der Waals surface area contributed by atoms with Crippen molar-refractivity contribution in [2.75, 3.05) is 36.4 Å². The molecule has 6 heteroatoms. The van der Waals surface area contributed by atoms with E-state index in [1.807, 2.05) is 6.20 Å². The van der Waals surface area contributed by atoms with E-state index in [9.17, 15) is 0 Å². The van der Waals surface area contributed by atoms with Crippen LogP contribution in [-0.4, -0.2) is 59.2 Å². The van der Waals surface area contributed by atoms with Gasteiger partial charge in [-0.2, -0.15) is 4.98 Å². The van der Waals surface area contributed by atoms with Crippen LogP contribution in [0.25, 0.3) is 0 Å². The quantitative estimate of drug-likeness (QED) is 0.781. The second-order valence-electron chi connectivity index (χ2n) is 8.85. The predicted octanol–water partition coefficient (Wildman–Crippen LogP) is 3.39. The van der Waals surface area contributed by atoms with Gasteiger partial charge in [-0.25, -0.2) is 4.98 Å². The largest absolute Gasteiger partial charge is 0.356 e. The van der Waals surface area contributed by atoms with Gasteiger partial charge in [-0.05, 0) is 51.1 Å². The molecule has 6 nitrogen and oxygen atoms in total. The lowest BCUT2D eigenvalue weighted by Gasteiger charge is -2.37. The summed E-state index contributed by atoms with van der Waals surface area (Å²) < 4.78 is 0. The number of nitrogens with one attached hydrogen (secondary N) is 1. The molecule has 2 saturated heterocycles. The van der Waals surface area contributed by atoms with Crippen LogP contribution in [0.2, 0.25) is 0 Å². The van der Waals surface area contributed by atoms with Gasteiger partial charge in [-0.3, -0.25) is 4.90 Å². The van der Waals surface area contributed by atoms with Crippen molar-refractivity contribution in [3.8, 4) is 0 Å². The molecule has 3 N–H and O–H groups in total. The molecular weight excluding hydrogens is 348 g/mol. The zero-order valence-corrected chi connectivity index (χ0v) is 17.4. The second kappa shape index (κ2) is 9.88. The average molecular weight is 387 g/mol. The van der Waals surface area contributed by atoms with Crippen molar-refractivity contribution in [1.29, 1.82) is 0 Å². The van der Waals surface area contributed by atoms with Gasteiger partial charge < -0.3 is 16.0 Å². The summed E-state index contributed by atoms with van der Waals surface area (Å²) in [6.45, 7) is 4.16. The van der Waals surface area contributed by atoms with Crippen LogP contribution >= 0.6 is 0 Å². The Morgan fingerprint density at radius 3 is 2.46 bits per heavy atom. The van der Waals surface area contributed by atoms with E-state index in [2.05, 4.69) is 26.2 Å². The first kappa shape index (κ1) is 19.9. The summed E-state index contributed by atoms with van der Waals surface area (Å²) in [5, 5.41) is 3.69. The molecule has 3 fully saturated rings. The van der Waals surface area contributed by atoms with Crippen molar-refractivity contribution in [3.05, 3.63) is 12.3 Å². The van der Waals surface area contributed by atoms with E-state index in [1.165, 1.54) is 70.8 Å². The van der Waals surface area contributed by atoms with Crippen LogP contribution in [0.4, 0.5) is 11.8 Å². The van der Waals surface area contributed by atoms with Gasteiger partial charge in [0.25, 0.3) is 0 Å². The van der Waals surface area contributed by atoms with Crippen molar-refractivity contribution in [3.63, 3.8) is 0 Å². The topological polar surface area (TPSA) is 70.3 Å². The molecule has 1 aliphatic carbocycles. The number of hydrogen-bond acceptors (Lipinski definition) is 6. The number of nitrogens with zero attached hydrogens (tertiary/aromatic N) is 4. The van der Waals surface area contributed by atoms with Crippen LogP contribution < -0.4 is 16.0 Å². The molecule has 156 valence electrons. The van der Waals surface area contributed by atoms with E-state index < -0.39 is 0 Å². The van der Waals surface area contributed by atoms with Crippen LogP contribution in [0.1, 0.15) is 70.6 Å². The lowest BCUT2D eigenvalue weighted by molar-refractivity contribution is 0.135. The van der Waals surface area contributed by atoms with Crippen molar-refractivity contribution in [2.24, 2.45) is 5.73 Å². The zero-order chi connectivity index (χ0) is 19.2. The maximum Gasteiger partial charge on any atom is 0.224 e. The van der Waals surface area contributed by atoms with Crippen LogP contribution in [0.15, 0.2) is 12.3 Å². The highest BCUT2D eigenvalue weighted by Crippen LogP contribution is 2.32. The fraction of sp³-hybridized carbons (Fsp3) is 0.818. The van der Waals surface area contributed by atoms with Gasteiger partial charge in [0, 0.05) is 44.0 Å². The summed E-state index contributed by atoms with van der Waals surface area (Å²) in [6, 6.07) is 3.74. The molecule has 0 bridgehead atoms. The van der Waals surface area contributed by atoms with E-state index in [-0.39, 0.29) is 0 Å². The van der Waals surface area contributed by atoms with Crippen LogP contribution in [0.5, 0.6) is 0 Å². The smallest absolute Gasteiger partial charge is 0.224 e. The van der Waals surface area contributed by atoms with E-state index >= 15 is 0 Å². The monoisotopic (exact) mass is 386 g/mol. The Morgan fingerprint density at radius 2 is 1.71 bits per heavy atom. The Hall–Kier alpha value is -1.40. The van der Waals surface area contributed by atoms with Gasteiger partial charge >= 0.3 is 0 Å². The van der Waals surface area contributed by atoms with Gasteiger partial charge in [-0.15, -0.1) is 0 Å². The molecule has 0 aromatic carbocycles. The summed E-state index contributed by atoms with van der Waals surface area (Å²) in [5.41, 5.74) is 6.00. The second-order valence-corrected chi connectivity index (χ2v) is 8.85. The van der Waals surface area contributed by atoms with Crippen molar-refractivity contribution < 1.29 is 0 Å². The molecule has 0 spiro atoms. The summed E-state index contributed by atoms with van der Waals surface area (Å²) in [5.74, 6) is 1.87. The number of likely N-dealkylation sites (tertiary alicyclic amines) is 1. The van der Waals surface area contributed by atoms with Gasteiger partial charge in [0.15, 0.2) is 0 Å². The molecule has 3 aliphatic rings. The molecule has 1 saturated carbocycles. The van der Waals surface area contributed by atoms with Gasteiger partial charge in [0.05, 0.1) is 0 Å². The highest BCUT2D eigenvalue weighted by atomic mass is 15.3. The SMILES string of the molecule is NCC[C@@H]1[C@@H](Nc2nccc(N3CCCCCC3)n2)CCN1C1CCCCC1. The lowest BCUT2D eigenvalue weighted by atomic mass is 9.93. The lowest BCUT2D eigenvalue weighted by Crippen LogP contribution is -2.46. The third kappa shape index (κ3) is 4.77. The molecule has 1 aromatic rings. The molecule has 28 heavy (non-hydrogen) atoms. The maximum absolute atomic E-state index is 6.00. The van der Waals surface area contributed by atoms with Crippen molar-refractivity contribution in [2.45, 2.75) is 88.8 Å². The van der Waals surface area contributed by atoms with Crippen molar-refractivity contribution >= 4 is 11.8 Å². The third-order valence-corrected chi connectivity index (χ3v) is 6.98. The molecule has 0 radical (unpaired) electrons. The molecule has 1 aromatic heterocycles. The number of anilines is 2. The van der Waals surface area contributed by atoms with Gasteiger partial charge in [0.1, 0.15) is 5.82 Å². The first-order valence-electron chi connectivity index (χ1n) is 11.7. The molecule has 2 aliphatic heterocycles. The molecule has 0 unspecified atom stereocenters. The molecule has 2 atom stereocenters. The fourth-order valence-corrected chi connectivity index (χ4v) is 5.51. The Morgan fingerprint density at radius 1 is 0.964 bits per heavy atom. The number of rotatable bonds is 6. The van der Waals surface area contributed by atoms with E-state index in [0.29, 0.717) is 12.1 Å². The standard InChI is InChI=1S/C22H38N6/c23-13-10-20-19(12-17-28(20)18-8-4-3-5-9-18)25-22-24-14-11-21(26-22)27-15-6-1-2-7-16-27/h11,14,18-20H,1-10,12-13,15-17,23H2,(H,24,25,26)/t19-,20+/m0/s1. The summed E-state index contributed by atoms with van der Waals surface area (Å²) in [4.78, 5) is 14.6. The Bertz CT molecular complexity index is 594. The zero-order valence-electron chi connectivity index (χ0n) is 17.4. The van der Waals surface area contributed by atoms with Gasteiger partial charge in [-0.1, -0.05) is 32.1 Å². The Balaban J connectivity index is 1.43. The van der Waals surface area contributed by atoms with E-state index in [0.717, 1.165) is 43.9 Å². The minimum absolute atomic E-state index is 0.407. The van der Waals surface area contributed by atoms with Gasteiger partial charge in [0.2, 0.25) is 5.95 Å². The van der Waals surface area contributed by atoms with E-state index in [1.54, 1.807) is 0 Å². The molecule has 4 rings (SSSR count). The van der Waals surface area contributed by atoms with Crippen molar-refractivity contribution in [1.82, 2.24) is 14.9 Å². The summed E-state index contributed by atoms with van der Waals surface area (Å²) in [7, 11) is 0. The minimum atomic E-state index is 0.407. The number of nitrogens with two attached hydrogens (primary N) is 1. The highest BCUT2D eigenvalue weighted by molar-refractivity contribution is 5.43. The average Bonchev–Trinajstić information content (AvgIpc) is 2.94. The minimum Gasteiger partial charge on any atom is -0.356 e. The third-order valence-electron chi connectivity index (χ3n) is 6.98. The predicted molar refractivity (Wildman–Crippen MR) is 116 cm³/mol. The summed E-state index contributed by atoms with van der Waals surface area (Å²) >= 11 is 0. The number of aromatic nitrogens is 2. The fourth-order valence-electron chi connectivity index (χ4n) is 5.51. The normalized spacial score (nSPS) is 27.7. The first-order valence-corrected chi connectivity index (χ1v) is 11.7. The molecule has 3 heterocycles. The highest BCUT2D eigenvalue weighted by Gasteiger charge is 2.38. The van der Waals surface area contributed by atoms with Crippen LogP contribution in [0.3, 0.4) is 0 Å². The molecule has 0 amide bonds. The number of hydrogen-bond donors (Lipinski definition) is 2. The summed E-state index contributed by atoms with van der Waals surface area (Å²) in [6.07, 6.45) is 16.2. The maximum atomic E-state index is 6.00. The van der Waals surface area contributed by atoms with Crippen LogP contribution in [-0.2, 0) is 0 Å². The Labute approximate surface area is 170 Å². The Kier molecular flexibility index (Phi) is 7.02. The van der Waals surface area contributed by atoms with Crippen LogP contribution in [0, 0.1) is 0 Å².